The Morgan fingerprint density at radius 2 is 2.12 bits per heavy atom. The second-order valence-electron chi connectivity index (χ2n) is 4.10. The molecule has 1 rings (SSSR count). The first-order valence-electron chi connectivity index (χ1n) is 5.65. The maximum Gasteiger partial charge on any atom is 0.123 e. The van der Waals surface area contributed by atoms with Crippen LogP contribution in [0.15, 0.2) is 24.3 Å². The number of amidine groups is 1. The quantitative estimate of drug-likeness (QED) is 0.588. The van der Waals surface area contributed by atoms with Gasteiger partial charge in [0.25, 0.3) is 0 Å². The Hall–Kier alpha value is -0.960. The fraction of sp³-hybridized carbons (Fsp3) is 0.462. The van der Waals surface area contributed by atoms with Crippen LogP contribution in [0.1, 0.15) is 31.4 Å². The van der Waals surface area contributed by atoms with Gasteiger partial charge in [0.15, 0.2) is 0 Å². The Labute approximate surface area is 102 Å². The Kier molecular flexibility index (Phi) is 5.39. The first-order chi connectivity index (χ1) is 7.65. The van der Waals surface area contributed by atoms with Gasteiger partial charge in [0.05, 0.1) is 0 Å². The largest absolute Gasteiger partial charge is 0.384 e. The molecular formula is C13H20N2S. The Morgan fingerprint density at radius 1 is 1.44 bits per heavy atom. The predicted octanol–water partition coefficient (Wildman–Crippen LogP) is 3.25. The number of nitrogens with two attached hydrogens (primary N) is 1. The fourth-order valence-corrected chi connectivity index (χ4v) is 2.62. The molecule has 0 aliphatic carbocycles. The van der Waals surface area contributed by atoms with Crippen LogP contribution in [-0.4, -0.2) is 11.6 Å². The summed E-state index contributed by atoms with van der Waals surface area (Å²) in [5.41, 5.74) is 7.59. The van der Waals surface area contributed by atoms with Crippen molar-refractivity contribution in [2.75, 3.05) is 5.75 Å². The second kappa shape index (κ2) is 6.59. The molecule has 1 atom stereocenters. The van der Waals surface area contributed by atoms with E-state index in [1.54, 1.807) is 0 Å². The van der Waals surface area contributed by atoms with E-state index in [1.807, 2.05) is 30.0 Å². The molecular weight excluding hydrogens is 216 g/mol. The summed E-state index contributed by atoms with van der Waals surface area (Å²) in [5, 5.41) is 7.50. The van der Waals surface area contributed by atoms with Gasteiger partial charge in [0.2, 0.25) is 0 Å². The molecule has 3 N–H and O–H groups in total. The lowest BCUT2D eigenvalue weighted by Crippen LogP contribution is -2.13. The first-order valence-corrected chi connectivity index (χ1v) is 6.80. The molecule has 1 aromatic rings. The lowest BCUT2D eigenvalue weighted by molar-refractivity contribution is 0.637. The fourth-order valence-electron chi connectivity index (χ4n) is 1.40. The molecule has 2 nitrogen and oxygen atoms in total. The highest BCUT2D eigenvalue weighted by Crippen LogP contribution is 2.19. The number of nitrogens with one attached hydrogen (secondary N) is 1. The molecule has 0 saturated carbocycles. The highest BCUT2D eigenvalue weighted by atomic mass is 32.2. The van der Waals surface area contributed by atoms with Gasteiger partial charge in [-0.25, -0.2) is 0 Å². The van der Waals surface area contributed by atoms with Crippen molar-refractivity contribution in [3.8, 4) is 0 Å². The Morgan fingerprint density at radius 3 is 2.75 bits per heavy atom. The van der Waals surface area contributed by atoms with Crippen molar-refractivity contribution in [3.63, 3.8) is 0 Å². The van der Waals surface area contributed by atoms with E-state index >= 15 is 0 Å². The van der Waals surface area contributed by atoms with Gasteiger partial charge in [0.1, 0.15) is 5.84 Å². The summed E-state index contributed by atoms with van der Waals surface area (Å²) in [5.74, 6) is 3.04. The average molecular weight is 236 g/mol. The number of benzene rings is 1. The number of rotatable bonds is 6. The summed E-state index contributed by atoms with van der Waals surface area (Å²) in [6.45, 7) is 4.48. The van der Waals surface area contributed by atoms with Crippen LogP contribution in [0.4, 0.5) is 0 Å². The molecule has 0 aliphatic rings. The third-order valence-electron chi connectivity index (χ3n) is 2.66. The average Bonchev–Trinajstić information content (AvgIpc) is 2.29. The molecule has 0 aromatic heterocycles. The van der Waals surface area contributed by atoms with Crippen LogP contribution in [0, 0.1) is 11.3 Å². The van der Waals surface area contributed by atoms with E-state index in [0.717, 1.165) is 17.2 Å². The van der Waals surface area contributed by atoms with E-state index in [1.165, 1.54) is 17.7 Å². The first kappa shape index (κ1) is 13.1. The van der Waals surface area contributed by atoms with E-state index in [2.05, 4.69) is 19.9 Å². The number of thioether (sulfide) groups is 1. The van der Waals surface area contributed by atoms with Gasteiger partial charge in [-0.05, 0) is 17.2 Å². The maximum atomic E-state index is 7.50. The van der Waals surface area contributed by atoms with Gasteiger partial charge in [0, 0.05) is 11.3 Å². The van der Waals surface area contributed by atoms with Gasteiger partial charge < -0.3 is 5.73 Å². The lowest BCUT2D eigenvalue weighted by Gasteiger charge is -2.10. The molecule has 0 aliphatic heterocycles. The van der Waals surface area contributed by atoms with Crippen molar-refractivity contribution in [1.29, 1.82) is 5.41 Å². The van der Waals surface area contributed by atoms with Crippen molar-refractivity contribution in [2.24, 2.45) is 11.7 Å². The Bertz CT molecular complexity index is 350. The van der Waals surface area contributed by atoms with Gasteiger partial charge in [-0.3, -0.25) is 5.41 Å². The van der Waals surface area contributed by atoms with Gasteiger partial charge in [-0.15, -0.1) is 0 Å². The van der Waals surface area contributed by atoms with Crippen molar-refractivity contribution in [1.82, 2.24) is 0 Å². The monoisotopic (exact) mass is 236 g/mol. The van der Waals surface area contributed by atoms with E-state index < -0.39 is 0 Å². The van der Waals surface area contributed by atoms with Crippen LogP contribution in [-0.2, 0) is 5.75 Å². The van der Waals surface area contributed by atoms with Gasteiger partial charge in [-0.1, -0.05) is 44.5 Å². The minimum absolute atomic E-state index is 0.166. The zero-order valence-corrected chi connectivity index (χ0v) is 10.8. The number of hydrogen-bond acceptors (Lipinski definition) is 2. The van der Waals surface area contributed by atoms with E-state index in [0.29, 0.717) is 0 Å². The van der Waals surface area contributed by atoms with Crippen LogP contribution in [0.2, 0.25) is 0 Å². The zero-order chi connectivity index (χ0) is 12.0. The SMILES string of the molecule is CCC(C)CSCc1ccccc1C(=N)N. The summed E-state index contributed by atoms with van der Waals surface area (Å²) in [6, 6.07) is 7.91. The summed E-state index contributed by atoms with van der Waals surface area (Å²) in [6.07, 6.45) is 1.22. The van der Waals surface area contributed by atoms with Crippen LogP contribution < -0.4 is 5.73 Å². The van der Waals surface area contributed by atoms with E-state index in [-0.39, 0.29) is 5.84 Å². The van der Waals surface area contributed by atoms with Crippen molar-refractivity contribution >= 4 is 17.6 Å². The number of nitrogen functional groups attached to an aromatic ring is 1. The Balaban J connectivity index is 2.56. The lowest BCUT2D eigenvalue weighted by atomic mass is 10.1. The van der Waals surface area contributed by atoms with Crippen molar-refractivity contribution < 1.29 is 0 Å². The molecule has 0 heterocycles. The highest BCUT2D eigenvalue weighted by Gasteiger charge is 2.05. The minimum Gasteiger partial charge on any atom is -0.384 e. The molecule has 3 heteroatoms. The molecule has 0 radical (unpaired) electrons. The zero-order valence-electron chi connectivity index (χ0n) is 9.99. The summed E-state index contributed by atoms with van der Waals surface area (Å²) >= 11 is 1.92. The van der Waals surface area contributed by atoms with Gasteiger partial charge in [-0.2, -0.15) is 11.8 Å². The maximum absolute atomic E-state index is 7.50. The molecule has 0 bridgehead atoms. The normalized spacial score (nSPS) is 12.4. The topological polar surface area (TPSA) is 49.9 Å². The van der Waals surface area contributed by atoms with Crippen LogP contribution in [0.3, 0.4) is 0 Å². The molecule has 16 heavy (non-hydrogen) atoms. The van der Waals surface area contributed by atoms with E-state index in [4.69, 9.17) is 11.1 Å². The van der Waals surface area contributed by atoms with Crippen molar-refractivity contribution in [2.45, 2.75) is 26.0 Å². The van der Waals surface area contributed by atoms with E-state index in [9.17, 15) is 0 Å². The molecule has 0 fully saturated rings. The molecule has 0 saturated heterocycles. The number of hydrogen-bond donors (Lipinski definition) is 2. The predicted molar refractivity (Wildman–Crippen MR) is 73.1 cm³/mol. The summed E-state index contributed by atoms with van der Waals surface area (Å²) < 4.78 is 0. The van der Waals surface area contributed by atoms with Crippen LogP contribution in [0.25, 0.3) is 0 Å². The molecule has 0 spiro atoms. The smallest absolute Gasteiger partial charge is 0.123 e. The molecule has 1 aromatic carbocycles. The minimum atomic E-state index is 0.166. The molecule has 88 valence electrons. The standard InChI is InChI=1S/C13H20N2S/c1-3-10(2)8-16-9-11-6-4-5-7-12(11)13(14)15/h4-7,10H,3,8-9H2,1-2H3,(H3,14,15). The molecule has 1 unspecified atom stereocenters. The van der Waals surface area contributed by atoms with Crippen LogP contribution >= 0.6 is 11.8 Å². The third kappa shape index (κ3) is 3.89. The second-order valence-corrected chi connectivity index (χ2v) is 5.13. The molecule has 0 amide bonds. The van der Waals surface area contributed by atoms with Crippen LogP contribution in [0.5, 0.6) is 0 Å². The van der Waals surface area contributed by atoms with Gasteiger partial charge >= 0.3 is 0 Å². The third-order valence-corrected chi connectivity index (χ3v) is 3.98. The van der Waals surface area contributed by atoms with Crippen molar-refractivity contribution in [3.05, 3.63) is 35.4 Å². The highest BCUT2D eigenvalue weighted by molar-refractivity contribution is 7.98. The summed E-state index contributed by atoms with van der Waals surface area (Å²) in [7, 11) is 0. The summed E-state index contributed by atoms with van der Waals surface area (Å²) in [4.78, 5) is 0.